The number of nitrogens with two attached hydrogens (primary N) is 1. The second kappa shape index (κ2) is 6.93. The third kappa shape index (κ3) is 3.16. The number of ether oxygens (including phenoxy) is 1. The maximum Gasteiger partial charge on any atom is 0.348 e. The molecule has 0 saturated heterocycles. The minimum absolute atomic E-state index is 0.0497. The number of fused-ring (bicyclic) bond motifs is 1. The van der Waals surface area contributed by atoms with Crippen LogP contribution < -0.4 is 16.1 Å². The summed E-state index contributed by atoms with van der Waals surface area (Å²) in [4.78, 5) is 28.7. The summed E-state index contributed by atoms with van der Waals surface area (Å²) in [6.07, 6.45) is 1.58. The summed E-state index contributed by atoms with van der Waals surface area (Å²) >= 11 is 0. The summed E-state index contributed by atoms with van der Waals surface area (Å²) in [5, 5.41) is 14.6. The van der Waals surface area contributed by atoms with Crippen LogP contribution in [-0.4, -0.2) is 33.6 Å². The highest BCUT2D eigenvalue weighted by molar-refractivity contribution is 6.06. The van der Waals surface area contributed by atoms with Crippen LogP contribution in [0.5, 0.6) is 11.5 Å². The third-order valence-corrected chi connectivity index (χ3v) is 4.78. The second-order valence-electron chi connectivity index (χ2n) is 6.65. The normalized spacial score (nSPS) is 15.5. The van der Waals surface area contributed by atoms with E-state index in [1.165, 1.54) is 12.3 Å². The fourth-order valence-corrected chi connectivity index (χ4v) is 3.44. The topological polar surface area (TPSA) is 133 Å². The highest BCUT2D eigenvalue weighted by Crippen LogP contribution is 2.37. The van der Waals surface area contributed by atoms with Crippen LogP contribution in [-0.2, 0) is 0 Å². The van der Waals surface area contributed by atoms with Gasteiger partial charge in [-0.3, -0.25) is 4.79 Å². The summed E-state index contributed by atoms with van der Waals surface area (Å²) in [6, 6.07) is 8.29. The summed E-state index contributed by atoms with van der Waals surface area (Å²) < 4.78 is 12.0. The van der Waals surface area contributed by atoms with Crippen molar-refractivity contribution in [2.45, 2.75) is 19.4 Å². The molecule has 1 aromatic carbocycles. The number of hydrogen-bond donors (Lipinski definition) is 2. The molecule has 4 rings (SSSR count). The molecule has 148 valence electrons. The van der Waals surface area contributed by atoms with Crippen molar-refractivity contribution in [1.82, 2.24) is 9.78 Å². The lowest BCUT2D eigenvalue weighted by atomic mass is 9.95. The Morgan fingerprint density at radius 1 is 1.38 bits per heavy atom. The van der Waals surface area contributed by atoms with E-state index < -0.39 is 17.6 Å². The summed E-state index contributed by atoms with van der Waals surface area (Å²) in [7, 11) is 1.56. The zero-order chi connectivity index (χ0) is 20.7. The van der Waals surface area contributed by atoms with Crippen LogP contribution in [0.2, 0.25) is 0 Å². The molecule has 1 aliphatic rings. The van der Waals surface area contributed by atoms with Crippen LogP contribution >= 0.6 is 0 Å². The molecule has 0 spiro atoms. The van der Waals surface area contributed by atoms with Crippen LogP contribution in [0.3, 0.4) is 0 Å². The van der Waals surface area contributed by atoms with Gasteiger partial charge in [-0.25, -0.2) is 14.5 Å². The molecule has 1 aliphatic heterocycles. The van der Waals surface area contributed by atoms with Gasteiger partial charge < -0.3 is 20.0 Å². The van der Waals surface area contributed by atoms with E-state index in [1.54, 1.807) is 24.8 Å². The minimum atomic E-state index is -0.709. The molecule has 0 fully saturated rings. The largest absolute Gasteiger partial charge is 0.507 e. The Hall–Kier alpha value is -3.88. The highest BCUT2D eigenvalue weighted by Gasteiger charge is 2.31. The Morgan fingerprint density at radius 2 is 2.17 bits per heavy atom. The molecule has 2 aromatic heterocycles. The van der Waals surface area contributed by atoms with Crippen molar-refractivity contribution in [3.8, 4) is 11.5 Å². The van der Waals surface area contributed by atoms with Crippen LogP contribution in [0.25, 0.3) is 0 Å². The van der Waals surface area contributed by atoms with Gasteiger partial charge in [0.15, 0.2) is 5.82 Å². The van der Waals surface area contributed by atoms with Gasteiger partial charge in [-0.1, -0.05) is 12.1 Å². The van der Waals surface area contributed by atoms with E-state index in [-0.39, 0.29) is 40.6 Å². The van der Waals surface area contributed by atoms with Gasteiger partial charge in [0.2, 0.25) is 0 Å². The number of carbonyl (C=O) groups excluding carboxylic acids is 1. The molecule has 9 heteroatoms. The maximum absolute atomic E-state index is 12.4. The number of carbonyl (C=O) groups is 1. The third-order valence-electron chi connectivity index (χ3n) is 4.78. The Balaban J connectivity index is 1.93. The fourth-order valence-electron chi connectivity index (χ4n) is 3.44. The minimum Gasteiger partial charge on any atom is -0.507 e. The van der Waals surface area contributed by atoms with Crippen molar-refractivity contribution < 1.29 is 19.1 Å². The molecular weight excluding hydrogens is 376 g/mol. The Morgan fingerprint density at radius 3 is 2.86 bits per heavy atom. The first-order valence-electron chi connectivity index (χ1n) is 8.82. The zero-order valence-electron chi connectivity index (χ0n) is 15.7. The maximum atomic E-state index is 12.4. The number of aromatic nitrogens is 2. The number of nitrogens with zero attached hydrogens (tertiary/aromatic N) is 3. The van der Waals surface area contributed by atoms with Crippen molar-refractivity contribution in [3.05, 3.63) is 69.4 Å². The Bertz CT molecular complexity index is 1210. The van der Waals surface area contributed by atoms with E-state index in [2.05, 4.69) is 10.1 Å². The number of hydrogen-bond acceptors (Lipinski definition) is 7. The lowest BCUT2D eigenvalue weighted by Crippen LogP contribution is -2.25. The van der Waals surface area contributed by atoms with E-state index in [0.717, 1.165) is 5.56 Å². The number of methoxy groups -OCH3 is 1. The summed E-state index contributed by atoms with van der Waals surface area (Å²) in [6.45, 7) is 1.56. The molecule has 1 amide bonds. The van der Waals surface area contributed by atoms with Gasteiger partial charge in [0.05, 0.1) is 25.1 Å². The molecule has 3 heterocycles. The van der Waals surface area contributed by atoms with Crippen LogP contribution in [0.1, 0.15) is 39.7 Å². The predicted molar refractivity (Wildman–Crippen MR) is 104 cm³/mol. The molecule has 9 nitrogen and oxygen atoms in total. The van der Waals surface area contributed by atoms with E-state index >= 15 is 0 Å². The first-order chi connectivity index (χ1) is 13.9. The molecule has 1 atom stereocenters. The van der Waals surface area contributed by atoms with Gasteiger partial charge in [0.25, 0.3) is 5.91 Å². The first-order valence-corrected chi connectivity index (χ1v) is 8.82. The number of rotatable bonds is 4. The molecule has 0 radical (unpaired) electrons. The first kappa shape index (κ1) is 18.5. The van der Waals surface area contributed by atoms with Crippen LogP contribution in [0.4, 0.5) is 5.82 Å². The van der Waals surface area contributed by atoms with E-state index in [0.29, 0.717) is 5.75 Å². The molecule has 0 aliphatic carbocycles. The lowest BCUT2D eigenvalue weighted by Gasteiger charge is -2.25. The Labute approximate surface area is 165 Å². The van der Waals surface area contributed by atoms with Crippen LogP contribution in [0.15, 0.2) is 50.7 Å². The monoisotopic (exact) mass is 394 g/mol. The number of primary amides is 1. The van der Waals surface area contributed by atoms with Crippen molar-refractivity contribution in [2.75, 3.05) is 7.11 Å². The number of benzene rings is 1. The van der Waals surface area contributed by atoms with Crippen LogP contribution in [0, 0.1) is 6.92 Å². The average molecular weight is 394 g/mol. The smallest absolute Gasteiger partial charge is 0.348 e. The molecule has 29 heavy (non-hydrogen) atoms. The Kier molecular flexibility index (Phi) is 4.42. The summed E-state index contributed by atoms with van der Waals surface area (Å²) in [5.41, 5.74) is 5.93. The molecular formula is C20H18N4O5. The highest BCUT2D eigenvalue weighted by atomic mass is 16.5. The second-order valence-corrected chi connectivity index (χ2v) is 6.65. The lowest BCUT2D eigenvalue weighted by molar-refractivity contribution is 0.100. The number of aliphatic imine (C=N–C) groups is 1. The van der Waals surface area contributed by atoms with Gasteiger partial charge >= 0.3 is 5.63 Å². The van der Waals surface area contributed by atoms with E-state index in [9.17, 15) is 14.7 Å². The SMILES string of the molecule is COc1cccc([C@@H]2CC(c3c(O)cc(C)oc3=O)=Nc3c(C(N)=O)cnn32)c1. The molecule has 3 aromatic rings. The van der Waals surface area contributed by atoms with Crippen molar-refractivity contribution in [3.63, 3.8) is 0 Å². The van der Waals surface area contributed by atoms with Gasteiger partial charge in [0.1, 0.15) is 28.4 Å². The summed E-state index contributed by atoms with van der Waals surface area (Å²) in [5.74, 6) is 0.204. The number of aromatic hydroxyl groups is 1. The quantitative estimate of drug-likeness (QED) is 0.696. The van der Waals surface area contributed by atoms with Crippen molar-refractivity contribution in [1.29, 1.82) is 0 Å². The molecule has 0 unspecified atom stereocenters. The van der Waals surface area contributed by atoms with Gasteiger partial charge in [-0.05, 0) is 24.6 Å². The molecule has 3 N–H and O–H groups in total. The van der Waals surface area contributed by atoms with E-state index in [4.69, 9.17) is 14.9 Å². The number of aryl methyl sites for hydroxylation is 1. The molecule has 0 bridgehead atoms. The molecule has 0 saturated carbocycles. The standard InChI is InChI=1S/C20H18N4O5/c1-10-6-16(25)17(20(27)29-10)14-8-15(11-4-3-5-12(7-11)28-2)24-19(23-14)13(9-22-24)18(21)26/h3-7,9,15,25H,8H2,1-2H3,(H2,21,26)/t15-/m0/s1. The van der Waals surface area contributed by atoms with E-state index in [1.807, 2.05) is 18.2 Å². The van der Waals surface area contributed by atoms with Gasteiger partial charge in [0, 0.05) is 12.5 Å². The zero-order valence-corrected chi connectivity index (χ0v) is 15.7. The van der Waals surface area contributed by atoms with Gasteiger partial charge in [-0.2, -0.15) is 5.10 Å². The van der Waals surface area contributed by atoms with Gasteiger partial charge in [-0.15, -0.1) is 0 Å². The fraction of sp³-hybridized carbons (Fsp3) is 0.200. The van der Waals surface area contributed by atoms with Crippen molar-refractivity contribution in [2.24, 2.45) is 10.7 Å². The van der Waals surface area contributed by atoms with Crippen molar-refractivity contribution >= 4 is 17.4 Å². The predicted octanol–water partition coefficient (Wildman–Crippen LogP) is 2.07. The number of amides is 1. The average Bonchev–Trinajstić information content (AvgIpc) is 3.11.